The molecule has 0 aliphatic carbocycles. The van der Waals surface area contributed by atoms with Gasteiger partial charge in [-0.1, -0.05) is 12.1 Å². The smallest absolute Gasteiger partial charge is 0.392 e. The van der Waals surface area contributed by atoms with Crippen molar-refractivity contribution in [2.75, 3.05) is 13.2 Å². The Labute approximate surface area is 143 Å². The molecule has 0 spiro atoms. The lowest BCUT2D eigenvalue weighted by Crippen LogP contribution is -2.38. The van der Waals surface area contributed by atoms with E-state index in [1.54, 1.807) is 0 Å². The lowest BCUT2D eigenvalue weighted by molar-refractivity contribution is -0.145. The van der Waals surface area contributed by atoms with E-state index < -0.39 is 54.5 Å². The molecule has 11 heteroatoms. The van der Waals surface area contributed by atoms with Gasteiger partial charge in [-0.05, 0) is 12.1 Å². The Kier molecular flexibility index (Phi) is 5.38. The summed E-state index contributed by atoms with van der Waals surface area (Å²) in [7, 11) is 0. The van der Waals surface area contributed by atoms with Crippen LogP contribution >= 0.6 is 0 Å². The quantitative estimate of drug-likeness (QED) is 0.692. The van der Waals surface area contributed by atoms with E-state index in [2.05, 4.69) is 0 Å². The van der Waals surface area contributed by atoms with Gasteiger partial charge in [0.15, 0.2) is 5.56 Å². The molecule has 0 saturated carbocycles. The molecule has 1 amide bonds. The number of para-hydroxylation sites is 1. The summed E-state index contributed by atoms with van der Waals surface area (Å²) in [6.07, 6.45) is -5.85. The number of carbonyl (C=O) groups is 2. The third-order valence-corrected chi connectivity index (χ3v) is 3.25. The third kappa shape index (κ3) is 4.23. The van der Waals surface area contributed by atoms with Gasteiger partial charge < -0.3 is 20.4 Å². The van der Waals surface area contributed by atoms with Gasteiger partial charge in [0.05, 0.1) is 11.9 Å². The standard InChI is InChI=1S/C15H13F3N2O6/c16-15(17,18)5-6-26-20-9-4-2-1-3-8(9)12(23)11(14(20)25)13(24)19-7-10(21)22/h1-4,23H,5-7H2,(H,19,24)(H,21,22). The number of aromatic hydroxyl groups is 1. The molecule has 0 saturated heterocycles. The number of aliphatic carboxylic acids is 1. The number of nitrogens with one attached hydrogen (secondary N) is 1. The maximum Gasteiger partial charge on any atom is 0.392 e. The number of hydrogen-bond acceptors (Lipinski definition) is 5. The van der Waals surface area contributed by atoms with Gasteiger partial charge in [-0.2, -0.15) is 13.2 Å². The molecule has 2 rings (SSSR count). The molecule has 2 aromatic rings. The van der Waals surface area contributed by atoms with Crippen molar-refractivity contribution in [3.05, 3.63) is 40.2 Å². The Hall–Kier alpha value is -3.24. The number of aromatic nitrogens is 1. The molecule has 8 nitrogen and oxygen atoms in total. The molecular formula is C15H13F3N2O6. The van der Waals surface area contributed by atoms with Crippen LogP contribution in [0, 0.1) is 0 Å². The Balaban J connectivity index is 2.51. The monoisotopic (exact) mass is 374 g/mol. The average Bonchev–Trinajstić information content (AvgIpc) is 2.55. The van der Waals surface area contributed by atoms with Crippen LogP contribution in [0.3, 0.4) is 0 Å². The molecule has 1 heterocycles. The zero-order valence-corrected chi connectivity index (χ0v) is 13.0. The van der Waals surface area contributed by atoms with E-state index in [1.807, 2.05) is 5.32 Å². The lowest BCUT2D eigenvalue weighted by atomic mass is 10.1. The van der Waals surface area contributed by atoms with Crippen molar-refractivity contribution in [1.29, 1.82) is 0 Å². The van der Waals surface area contributed by atoms with E-state index in [0.717, 1.165) is 0 Å². The van der Waals surface area contributed by atoms with Crippen LogP contribution in [0.1, 0.15) is 16.8 Å². The van der Waals surface area contributed by atoms with Crippen LogP contribution in [-0.4, -0.2) is 46.1 Å². The van der Waals surface area contributed by atoms with Crippen LogP contribution < -0.4 is 15.7 Å². The van der Waals surface area contributed by atoms with Crippen LogP contribution in [0.15, 0.2) is 29.1 Å². The zero-order valence-electron chi connectivity index (χ0n) is 13.0. The van der Waals surface area contributed by atoms with Crippen molar-refractivity contribution in [1.82, 2.24) is 10.0 Å². The Morgan fingerprint density at radius 1 is 1.23 bits per heavy atom. The Bertz CT molecular complexity index is 907. The van der Waals surface area contributed by atoms with Crippen LogP contribution in [0.2, 0.25) is 0 Å². The van der Waals surface area contributed by atoms with E-state index in [1.165, 1.54) is 24.3 Å². The first-order valence-corrected chi connectivity index (χ1v) is 7.18. The molecule has 26 heavy (non-hydrogen) atoms. The minimum absolute atomic E-state index is 0.0282. The van der Waals surface area contributed by atoms with Gasteiger partial charge in [-0.3, -0.25) is 14.4 Å². The van der Waals surface area contributed by atoms with Crippen LogP contribution in [0.4, 0.5) is 13.2 Å². The van der Waals surface area contributed by atoms with Gasteiger partial charge in [0, 0.05) is 5.39 Å². The number of carboxylic acids is 1. The summed E-state index contributed by atoms with van der Waals surface area (Å²) in [5.74, 6) is -3.32. The molecular weight excluding hydrogens is 361 g/mol. The van der Waals surface area contributed by atoms with Gasteiger partial charge in [0.1, 0.15) is 18.9 Å². The van der Waals surface area contributed by atoms with Crippen LogP contribution in [0.5, 0.6) is 5.75 Å². The summed E-state index contributed by atoms with van der Waals surface area (Å²) < 4.78 is 37.3. The number of carbonyl (C=O) groups excluding carboxylic acids is 1. The summed E-state index contributed by atoms with van der Waals surface area (Å²) in [6.45, 7) is -1.71. The highest BCUT2D eigenvalue weighted by Gasteiger charge is 2.28. The molecule has 0 radical (unpaired) electrons. The van der Waals surface area contributed by atoms with Crippen LogP contribution in [-0.2, 0) is 4.79 Å². The second-order valence-electron chi connectivity index (χ2n) is 5.12. The Morgan fingerprint density at radius 2 is 1.88 bits per heavy atom. The Morgan fingerprint density at radius 3 is 2.50 bits per heavy atom. The third-order valence-electron chi connectivity index (χ3n) is 3.25. The molecule has 0 aliphatic heterocycles. The number of fused-ring (bicyclic) bond motifs is 1. The second-order valence-corrected chi connectivity index (χ2v) is 5.12. The van der Waals surface area contributed by atoms with Crippen LogP contribution in [0.25, 0.3) is 10.9 Å². The van der Waals surface area contributed by atoms with E-state index in [9.17, 15) is 32.7 Å². The molecule has 0 bridgehead atoms. The minimum Gasteiger partial charge on any atom is -0.506 e. The SMILES string of the molecule is O=C(O)CNC(=O)c1c(O)c2ccccc2n(OCCC(F)(F)F)c1=O. The maximum atomic E-state index is 12.4. The van der Waals surface area contributed by atoms with E-state index in [4.69, 9.17) is 9.94 Å². The molecule has 140 valence electrons. The van der Waals surface area contributed by atoms with Gasteiger partial charge in [-0.15, -0.1) is 4.73 Å². The number of amides is 1. The van der Waals surface area contributed by atoms with Crippen molar-refractivity contribution in [2.24, 2.45) is 0 Å². The van der Waals surface area contributed by atoms with Gasteiger partial charge in [-0.25, -0.2) is 0 Å². The molecule has 0 atom stereocenters. The van der Waals surface area contributed by atoms with Gasteiger partial charge in [0.2, 0.25) is 0 Å². The minimum atomic E-state index is -4.52. The predicted octanol–water partition coefficient (Wildman–Crippen LogP) is 0.903. The second kappa shape index (κ2) is 7.33. The number of rotatable bonds is 6. The molecule has 1 aromatic carbocycles. The predicted molar refractivity (Wildman–Crippen MR) is 82.0 cm³/mol. The van der Waals surface area contributed by atoms with Gasteiger partial charge >= 0.3 is 12.1 Å². The number of alkyl halides is 3. The van der Waals surface area contributed by atoms with Crippen molar-refractivity contribution in [3.63, 3.8) is 0 Å². The maximum absolute atomic E-state index is 12.4. The van der Waals surface area contributed by atoms with E-state index in [0.29, 0.717) is 4.73 Å². The average molecular weight is 374 g/mol. The highest BCUT2D eigenvalue weighted by molar-refractivity contribution is 6.02. The highest BCUT2D eigenvalue weighted by atomic mass is 19.4. The fourth-order valence-electron chi connectivity index (χ4n) is 2.13. The highest BCUT2D eigenvalue weighted by Crippen LogP contribution is 2.26. The number of hydrogen-bond donors (Lipinski definition) is 3. The summed E-state index contributed by atoms with van der Waals surface area (Å²) in [4.78, 5) is 39.9. The summed E-state index contributed by atoms with van der Waals surface area (Å²) >= 11 is 0. The van der Waals surface area contributed by atoms with E-state index >= 15 is 0 Å². The summed E-state index contributed by atoms with van der Waals surface area (Å²) in [5.41, 5.74) is -2.10. The number of nitrogens with zero attached hydrogens (tertiary/aromatic N) is 1. The lowest BCUT2D eigenvalue weighted by Gasteiger charge is -2.15. The molecule has 0 unspecified atom stereocenters. The number of halogens is 3. The largest absolute Gasteiger partial charge is 0.506 e. The summed E-state index contributed by atoms with van der Waals surface area (Å²) in [5, 5.41) is 20.6. The van der Waals surface area contributed by atoms with Crippen molar-refractivity contribution in [3.8, 4) is 5.75 Å². The summed E-state index contributed by atoms with van der Waals surface area (Å²) in [6, 6.07) is 5.55. The molecule has 0 fully saturated rings. The van der Waals surface area contributed by atoms with Crippen molar-refractivity contribution < 1.29 is 37.8 Å². The van der Waals surface area contributed by atoms with Gasteiger partial charge in [0.25, 0.3) is 11.5 Å². The fourth-order valence-corrected chi connectivity index (χ4v) is 2.13. The topological polar surface area (TPSA) is 118 Å². The fraction of sp³-hybridized carbons (Fsp3) is 0.267. The molecule has 0 aliphatic rings. The first-order valence-electron chi connectivity index (χ1n) is 7.18. The zero-order chi connectivity index (χ0) is 19.5. The van der Waals surface area contributed by atoms with Crippen molar-refractivity contribution >= 4 is 22.8 Å². The molecule has 1 aromatic heterocycles. The number of pyridine rings is 1. The number of carboxylic acid groups (broad SMARTS) is 1. The number of benzene rings is 1. The van der Waals surface area contributed by atoms with E-state index in [-0.39, 0.29) is 10.9 Å². The first kappa shape index (κ1) is 19.1. The first-order chi connectivity index (χ1) is 12.1. The normalized spacial score (nSPS) is 11.3. The van der Waals surface area contributed by atoms with Crippen molar-refractivity contribution in [2.45, 2.75) is 12.6 Å². The molecule has 3 N–H and O–H groups in total.